The van der Waals surface area contributed by atoms with Crippen LogP contribution < -0.4 is 10.0 Å². The first-order valence-electron chi connectivity index (χ1n) is 13.0. The van der Waals surface area contributed by atoms with Crippen LogP contribution in [0.1, 0.15) is 29.2 Å². The van der Waals surface area contributed by atoms with Gasteiger partial charge in [-0.3, -0.25) is 9.20 Å². The number of sulfonamides is 1. The van der Waals surface area contributed by atoms with E-state index in [-0.39, 0.29) is 10.8 Å². The summed E-state index contributed by atoms with van der Waals surface area (Å²) in [6.45, 7) is 8.32. The number of hydrogen-bond donors (Lipinski definition) is 2. The zero-order valence-corrected chi connectivity index (χ0v) is 24.4. The fourth-order valence-electron chi connectivity index (χ4n) is 4.72. The smallest absolute Gasteiger partial charge is 0.240 e. The molecular weight excluding hydrogens is 542 g/mol. The Morgan fingerprint density at radius 2 is 1.68 bits per heavy atom. The van der Waals surface area contributed by atoms with Crippen molar-refractivity contribution in [2.45, 2.75) is 49.4 Å². The Hall–Kier alpha value is -3.73. The fraction of sp³-hybridized carbons (Fsp3) is 0.233. The van der Waals surface area contributed by atoms with Crippen molar-refractivity contribution in [2.24, 2.45) is 0 Å². The molecule has 40 heavy (non-hydrogen) atoms. The predicted octanol–water partition coefficient (Wildman–Crippen LogP) is 5.45. The van der Waals surface area contributed by atoms with Crippen molar-refractivity contribution in [3.05, 3.63) is 95.1 Å². The van der Waals surface area contributed by atoms with Crippen molar-refractivity contribution in [1.82, 2.24) is 19.3 Å². The molecule has 3 aromatic carbocycles. The van der Waals surface area contributed by atoms with Crippen molar-refractivity contribution in [3.8, 4) is 0 Å². The van der Waals surface area contributed by atoms with E-state index in [1.807, 2.05) is 47.7 Å². The number of nitrogens with zero attached hydrogens (tertiary/aromatic N) is 3. The Morgan fingerprint density at radius 1 is 0.950 bits per heavy atom. The molecule has 0 saturated carbocycles. The van der Waals surface area contributed by atoms with Crippen molar-refractivity contribution in [1.29, 1.82) is 0 Å². The molecule has 0 bridgehead atoms. The second-order valence-electron chi connectivity index (χ2n) is 9.89. The largest absolute Gasteiger partial charge is 0.325 e. The molecule has 10 heteroatoms. The highest BCUT2D eigenvalue weighted by molar-refractivity contribution is 8.00. The number of fused-ring (bicyclic) bond motifs is 3. The molecule has 0 saturated heterocycles. The van der Waals surface area contributed by atoms with Crippen LogP contribution in [0.4, 0.5) is 5.69 Å². The van der Waals surface area contributed by atoms with Crippen LogP contribution in [-0.2, 0) is 21.2 Å². The molecule has 1 amide bonds. The second-order valence-corrected chi connectivity index (χ2v) is 13.0. The van der Waals surface area contributed by atoms with Crippen molar-refractivity contribution in [3.63, 3.8) is 0 Å². The first-order valence-corrected chi connectivity index (χ1v) is 15.4. The molecule has 8 nitrogen and oxygen atoms in total. The van der Waals surface area contributed by atoms with E-state index in [1.54, 1.807) is 12.1 Å². The summed E-state index contributed by atoms with van der Waals surface area (Å²) in [5.74, 6) is -0.220. The summed E-state index contributed by atoms with van der Waals surface area (Å²) in [6.07, 6.45) is 0.597. The monoisotopic (exact) mass is 573 g/mol. The molecule has 5 aromatic rings. The van der Waals surface area contributed by atoms with E-state index in [1.165, 1.54) is 29.5 Å². The number of benzene rings is 3. The normalized spacial score (nSPS) is 12.6. The molecule has 0 fully saturated rings. The van der Waals surface area contributed by atoms with E-state index in [9.17, 15) is 13.2 Å². The van der Waals surface area contributed by atoms with Gasteiger partial charge in [0.1, 0.15) is 0 Å². The van der Waals surface area contributed by atoms with Crippen molar-refractivity contribution < 1.29 is 13.2 Å². The fourth-order valence-corrected chi connectivity index (χ4v) is 6.61. The summed E-state index contributed by atoms with van der Waals surface area (Å²) >= 11 is 1.33. The summed E-state index contributed by atoms with van der Waals surface area (Å²) in [5, 5.41) is 12.9. The van der Waals surface area contributed by atoms with E-state index in [2.05, 4.69) is 53.1 Å². The zero-order chi connectivity index (χ0) is 28.4. The summed E-state index contributed by atoms with van der Waals surface area (Å²) in [5.41, 5.74) is 6.77. The number of aryl methyl sites for hydroxylation is 3. The maximum Gasteiger partial charge on any atom is 0.240 e. The minimum atomic E-state index is -3.66. The van der Waals surface area contributed by atoms with E-state index in [0.717, 1.165) is 33.2 Å². The van der Waals surface area contributed by atoms with Crippen LogP contribution in [0.5, 0.6) is 0 Å². The average molecular weight is 574 g/mol. The van der Waals surface area contributed by atoms with Gasteiger partial charge in [-0.1, -0.05) is 53.7 Å². The van der Waals surface area contributed by atoms with Crippen LogP contribution in [0.3, 0.4) is 0 Å². The second kappa shape index (κ2) is 11.4. The van der Waals surface area contributed by atoms with E-state index in [4.69, 9.17) is 0 Å². The number of thioether (sulfide) groups is 1. The Labute approximate surface area is 238 Å². The molecule has 0 aliphatic rings. The molecule has 0 spiro atoms. The lowest BCUT2D eigenvalue weighted by molar-refractivity contribution is -0.115. The van der Waals surface area contributed by atoms with Crippen molar-refractivity contribution >= 4 is 49.9 Å². The molecule has 1 atom stereocenters. The number of rotatable bonds is 9. The standard InChI is InChI=1S/C30H31N5O3S2/c1-19-16-21(3)28-26(17-19)20(2)18-27-33-34-30(35(27)28)39-22(4)29(36)32-24-10-12-25(13-11-24)40(37,38)31-15-14-23-8-6-5-7-9-23/h5-13,16-18,22,31H,14-15H2,1-4H3,(H,32,36). The lowest BCUT2D eigenvalue weighted by Crippen LogP contribution is -2.26. The molecule has 2 aromatic heterocycles. The maximum absolute atomic E-state index is 13.0. The first-order chi connectivity index (χ1) is 19.1. The minimum absolute atomic E-state index is 0.142. The molecule has 2 N–H and O–H groups in total. The van der Waals surface area contributed by atoms with E-state index >= 15 is 0 Å². The van der Waals surface area contributed by atoms with Gasteiger partial charge in [-0.15, -0.1) is 10.2 Å². The quantitative estimate of drug-likeness (QED) is 0.227. The number of anilines is 1. The lowest BCUT2D eigenvalue weighted by Gasteiger charge is -2.14. The van der Waals surface area contributed by atoms with Gasteiger partial charge in [0, 0.05) is 17.6 Å². The van der Waals surface area contributed by atoms with Crippen molar-refractivity contribution in [2.75, 3.05) is 11.9 Å². The summed E-state index contributed by atoms with van der Waals surface area (Å²) < 4.78 is 30.0. The Morgan fingerprint density at radius 3 is 2.40 bits per heavy atom. The molecule has 206 valence electrons. The van der Waals surface area contributed by atoms with Crippen LogP contribution in [-0.4, -0.2) is 40.7 Å². The number of aromatic nitrogens is 3. The molecule has 0 aliphatic heterocycles. The van der Waals surface area contributed by atoms with Crippen LogP contribution in [0.2, 0.25) is 0 Å². The number of carbonyl (C=O) groups excluding carboxylic acids is 1. The predicted molar refractivity (Wildman–Crippen MR) is 160 cm³/mol. The highest BCUT2D eigenvalue weighted by Gasteiger charge is 2.21. The van der Waals surface area contributed by atoms with Crippen LogP contribution in [0.25, 0.3) is 16.6 Å². The third-order valence-corrected chi connectivity index (χ3v) is 9.25. The van der Waals surface area contributed by atoms with Crippen LogP contribution in [0.15, 0.2) is 82.8 Å². The Balaban J connectivity index is 1.26. The Kier molecular flexibility index (Phi) is 7.93. The highest BCUT2D eigenvalue weighted by Crippen LogP contribution is 2.31. The molecule has 0 aliphatic carbocycles. The number of hydrogen-bond acceptors (Lipinski definition) is 6. The molecule has 0 radical (unpaired) electrons. The van der Waals surface area contributed by atoms with Gasteiger partial charge in [0.05, 0.1) is 15.7 Å². The van der Waals surface area contributed by atoms with Crippen LogP contribution >= 0.6 is 11.8 Å². The van der Waals surface area contributed by atoms with Gasteiger partial charge in [0.2, 0.25) is 15.9 Å². The van der Waals surface area contributed by atoms with Crippen LogP contribution in [0, 0.1) is 20.8 Å². The van der Waals surface area contributed by atoms with Gasteiger partial charge >= 0.3 is 0 Å². The van der Waals surface area contributed by atoms with Gasteiger partial charge < -0.3 is 5.32 Å². The number of pyridine rings is 1. The molecule has 2 heterocycles. The Bertz CT molecular complexity index is 1800. The lowest BCUT2D eigenvalue weighted by atomic mass is 10.0. The third-order valence-electron chi connectivity index (χ3n) is 6.73. The number of amides is 1. The van der Waals surface area contributed by atoms with Gasteiger partial charge in [0.15, 0.2) is 10.8 Å². The van der Waals surface area contributed by atoms with E-state index in [0.29, 0.717) is 23.8 Å². The third kappa shape index (κ3) is 5.89. The van der Waals surface area contributed by atoms with Gasteiger partial charge in [-0.05, 0) is 87.2 Å². The molecule has 1 unspecified atom stereocenters. The highest BCUT2D eigenvalue weighted by atomic mass is 32.2. The molecule has 5 rings (SSSR count). The first kappa shape index (κ1) is 27.8. The summed E-state index contributed by atoms with van der Waals surface area (Å²) in [6, 6.07) is 22.2. The average Bonchev–Trinajstić information content (AvgIpc) is 3.31. The van der Waals surface area contributed by atoms with Gasteiger partial charge in [-0.25, -0.2) is 13.1 Å². The topological polar surface area (TPSA) is 105 Å². The number of carbonyl (C=O) groups is 1. The van der Waals surface area contributed by atoms with Gasteiger partial charge in [-0.2, -0.15) is 0 Å². The van der Waals surface area contributed by atoms with E-state index < -0.39 is 15.3 Å². The maximum atomic E-state index is 13.0. The minimum Gasteiger partial charge on any atom is -0.325 e. The summed E-state index contributed by atoms with van der Waals surface area (Å²) in [7, 11) is -3.66. The SMILES string of the molecule is Cc1cc(C)c2c(c1)c(C)cc1nnc(SC(C)C(=O)Nc3ccc(S(=O)(=O)NCCc4ccccc4)cc3)n12. The van der Waals surface area contributed by atoms with Gasteiger partial charge in [0.25, 0.3) is 0 Å². The zero-order valence-electron chi connectivity index (χ0n) is 22.8. The summed E-state index contributed by atoms with van der Waals surface area (Å²) in [4.78, 5) is 13.2. The number of nitrogens with one attached hydrogen (secondary N) is 2. The molecular formula is C30H31N5O3S2.